The van der Waals surface area contributed by atoms with Crippen molar-refractivity contribution in [2.75, 3.05) is 76.8 Å². The van der Waals surface area contributed by atoms with E-state index in [1.165, 1.54) is 43.5 Å². The van der Waals surface area contributed by atoms with Gasteiger partial charge in [-0.05, 0) is 130 Å². The van der Waals surface area contributed by atoms with Gasteiger partial charge in [-0.25, -0.2) is 22.0 Å². The number of hydrogen-bond acceptors (Lipinski definition) is 9. The van der Waals surface area contributed by atoms with Crippen molar-refractivity contribution in [3.63, 3.8) is 0 Å². The number of rotatable bonds is 14. The van der Waals surface area contributed by atoms with Gasteiger partial charge in [0.25, 0.3) is 0 Å². The van der Waals surface area contributed by atoms with Gasteiger partial charge in [-0.15, -0.1) is 0 Å². The fraction of sp³-hybridized carbons (Fsp3) is 0.488. The van der Waals surface area contributed by atoms with E-state index in [1.54, 1.807) is 19.2 Å². The summed E-state index contributed by atoms with van der Waals surface area (Å²) in [6.45, 7) is 9.38. The number of sulfone groups is 1. The van der Waals surface area contributed by atoms with Crippen molar-refractivity contribution < 1.29 is 36.3 Å². The molecule has 14 heteroatoms. The first-order valence-electron chi connectivity index (χ1n) is 19.8. The number of carbonyl (C=O) groups excluding carboxylic acids is 2. The van der Waals surface area contributed by atoms with E-state index in [-0.39, 0.29) is 44.6 Å². The highest BCUT2D eigenvalue weighted by molar-refractivity contribution is 7.91. The van der Waals surface area contributed by atoms with Crippen LogP contribution in [0.2, 0.25) is 0 Å². The molecule has 3 aromatic carbocycles. The molecule has 4 aliphatic rings. The van der Waals surface area contributed by atoms with Gasteiger partial charge in [-0.1, -0.05) is 31.2 Å². The number of benzene rings is 3. The highest BCUT2D eigenvalue weighted by Crippen LogP contribution is 2.52. The molecule has 4 fully saturated rings. The van der Waals surface area contributed by atoms with E-state index in [4.69, 9.17) is 9.47 Å². The number of halogens is 2. The maximum atomic E-state index is 15.7. The Morgan fingerprint density at radius 3 is 2.30 bits per heavy atom. The summed E-state index contributed by atoms with van der Waals surface area (Å²) in [5, 5.41) is 5.70. The van der Waals surface area contributed by atoms with Gasteiger partial charge in [0, 0.05) is 37.3 Å². The second kappa shape index (κ2) is 16.8. The van der Waals surface area contributed by atoms with Crippen molar-refractivity contribution in [1.82, 2.24) is 15.1 Å². The summed E-state index contributed by atoms with van der Waals surface area (Å²) in [6, 6.07) is 16.8. The predicted molar refractivity (Wildman–Crippen MR) is 214 cm³/mol. The number of alkyl carbamates (subject to hydrolysis) is 1. The molecule has 1 aliphatic carbocycles. The summed E-state index contributed by atoms with van der Waals surface area (Å²) in [7, 11) is -1.00. The van der Waals surface area contributed by atoms with E-state index in [9.17, 15) is 18.0 Å². The molecule has 1 saturated carbocycles. The van der Waals surface area contributed by atoms with Crippen LogP contribution < -0.4 is 15.5 Å². The van der Waals surface area contributed by atoms with Crippen LogP contribution in [-0.2, 0) is 29.5 Å². The van der Waals surface area contributed by atoms with E-state index < -0.39 is 33.3 Å². The first kappa shape index (κ1) is 40.8. The summed E-state index contributed by atoms with van der Waals surface area (Å²) < 4.78 is 68.8. The van der Waals surface area contributed by atoms with Crippen LogP contribution in [0.25, 0.3) is 0 Å². The Labute approximate surface area is 334 Å². The van der Waals surface area contributed by atoms with Gasteiger partial charge in [-0.2, -0.15) is 0 Å². The van der Waals surface area contributed by atoms with Crippen LogP contribution in [0, 0.1) is 23.5 Å². The lowest BCUT2D eigenvalue weighted by Gasteiger charge is -2.55. The Hall–Kier alpha value is -4.37. The van der Waals surface area contributed by atoms with E-state index >= 15 is 8.78 Å². The van der Waals surface area contributed by atoms with Crippen molar-refractivity contribution in [2.24, 2.45) is 11.8 Å². The molecule has 0 spiro atoms. The topological polar surface area (TPSA) is 121 Å². The zero-order valence-electron chi connectivity index (χ0n) is 32.7. The maximum Gasteiger partial charge on any atom is 0.407 e. The molecule has 306 valence electrons. The zero-order chi connectivity index (χ0) is 40.4. The molecule has 3 aromatic rings. The molecule has 7 rings (SSSR count). The molecule has 57 heavy (non-hydrogen) atoms. The van der Waals surface area contributed by atoms with Crippen LogP contribution in [-0.4, -0.2) is 108 Å². The highest BCUT2D eigenvalue weighted by atomic mass is 32.2. The van der Waals surface area contributed by atoms with Crippen molar-refractivity contribution in [3.05, 3.63) is 96.6 Å². The van der Waals surface area contributed by atoms with Crippen molar-refractivity contribution in [2.45, 2.75) is 65.4 Å². The van der Waals surface area contributed by atoms with Gasteiger partial charge in [0.1, 0.15) is 17.2 Å². The SMILES string of the molecule is C=CC(=O)Nc1cccc(S(=O)(=O)c2ccc(N3CC(CN4CCC([C@@](CN5CCC5)(c5cccc(F)c5)[C@H]5CCC[C@@H]5NC(=O)OC)CC4)(OC)C3)c(F)c2)c1. The van der Waals surface area contributed by atoms with Gasteiger partial charge in [-0.3, -0.25) is 4.79 Å². The number of nitrogens with zero attached hydrogens (tertiary/aromatic N) is 3. The summed E-state index contributed by atoms with van der Waals surface area (Å²) in [5.41, 5.74) is 0.672. The van der Waals surface area contributed by atoms with E-state index in [0.29, 0.717) is 25.3 Å². The van der Waals surface area contributed by atoms with Gasteiger partial charge < -0.3 is 34.8 Å². The summed E-state index contributed by atoms with van der Waals surface area (Å²) in [4.78, 5) is 30.8. The Morgan fingerprint density at radius 1 is 0.912 bits per heavy atom. The number of piperidine rings is 1. The number of carbonyl (C=O) groups is 2. The molecule has 0 radical (unpaired) electrons. The Morgan fingerprint density at radius 2 is 1.65 bits per heavy atom. The Bertz CT molecular complexity index is 2070. The average Bonchev–Trinajstić information content (AvgIpc) is 3.64. The third-order valence-corrected chi connectivity index (χ3v) is 14.6. The quantitative estimate of drug-likeness (QED) is 0.189. The van der Waals surface area contributed by atoms with E-state index in [0.717, 1.165) is 89.0 Å². The van der Waals surface area contributed by atoms with Crippen LogP contribution in [0.1, 0.15) is 44.1 Å². The molecule has 0 bridgehead atoms. The lowest BCUT2D eigenvalue weighted by molar-refractivity contribution is -0.111. The number of hydrogen-bond donors (Lipinski definition) is 2. The number of methoxy groups -OCH3 is 2. The van der Waals surface area contributed by atoms with Gasteiger partial charge in [0.05, 0.1) is 35.7 Å². The number of nitrogens with one attached hydrogen (secondary N) is 2. The zero-order valence-corrected chi connectivity index (χ0v) is 33.5. The van der Waals surface area contributed by atoms with Crippen LogP contribution in [0.3, 0.4) is 0 Å². The third-order valence-electron chi connectivity index (χ3n) is 12.8. The Balaban J connectivity index is 1.04. The molecule has 0 unspecified atom stereocenters. The maximum absolute atomic E-state index is 15.7. The highest BCUT2D eigenvalue weighted by Gasteiger charge is 2.54. The minimum Gasteiger partial charge on any atom is -0.453 e. The minimum atomic E-state index is -4.07. The van der Waals surface area contributed by atoms with Crippen LogP contribution in [0.5, 0.6) is 0 Å². The van der Waals surface area contributed by atoms with Crippen molar-refractivity contribution >= 4 is 33.2 Å². The van der Waals surface area contributed by atoms with Crippen LogP contribution >= 0.6 is 0 Å². The minimum absolute atomic E-state index is 0.0720. The Kier molecular flexibility index (Phi) is 12.1. The molecule has 2 amide bonds. The fourth-order valence-electron chi connectivity index (χ4n) is 9.85. The van der Waals surface area contributed by atoms with E-state index in [1.807, 2.05) is 11.0 Å². The number of amides is 2. The second-order valence-corrected chi connectivity index (χ2v) is 18.0. The smallest absolute Gasteiger partial charge is 0.407 e. The molecule has 3 heterocycles. The van der Waals surface area contributed by atoms with Gasteiger partial charge in [0.15, 0.2) is 0 Å². The lowest BCUT2D eigenvalue weighted by atomic mass is 9.57. The first-order valence-corrected chi connectivity index (χ1v) is 21.3. The molecule has 2 N–H and O–H groups in total. The van der Waals surface area contributed by atoms with Gasteiger partial charge in [0.2, 0.25) is 15.7 Å². The number of ether oxygens (including phenoxy) is 2. The second-order valence-electron chi connectivity index (χ2n) is 16.1. The third kappa shape index (κ3) is 8.32. The largest absolute Gasteiger partial charge is 0.453 e. The lowest BCUT2D eigenvalue weighted by Crippen LogP contribution is -2.68. The number of likely N-dealkylation sites (tertiary alicyclic amines) is 2. The van der Waals surface area contributed by atoms with Crippen LogP contribution in [0.15, 0.2) is 89.2 Å². The van der Waals surface area contributed by atoms with Crippen molar-refractivity contribution in [1.29, 1.82) is 0 Å². The average molecular weight is 806 g/mol. The molecule has 3 atom stereocenters. The van der Waals surface area contributed by atoms with Crippen molar-refractivity contribution in [3.8, 4) is 0 Å². The molecular formula is C43H53F2N5O6S. The predicted octanol–water partition coefficient (Wildman–Crippen LogP) is 6.01. The number of anilines is 2. The first-order chi connectivity index (χ1) is 27.4. The van der Waals surface area contributed by atoms with Crippen LogP contribution in [0.4, 0.5) is 25.0 Å². The summed E-state index contributed by atoms with van der Waals surface area (Å²) >= 11 is 0. The van der Waals surface area contributed by atoms with E-state index in [2.05, 4.69) is 33.1 Å². The van der Waals surface area contributed by atoms with Gasteiger partial charge >= 0.3 is 6.09 Å². The molecule has 3 aliphatic heterocycles. The normalized spacial score (nSPS) is 22.5. The summed E-state index contributed by atoms with van der Waals surface area (Å²) in [5.74, 6) is -1.02. The molecule has 11 nitrogen and oxygen atoms in total. The molecule has 3 saturated heterocycles. The molecular weight excluding hydrogens is 753 g/mol. The molecule has 0 aromatic heterocycles. The fourth-order valence-corrected chi connectivity index (χ4v) is 11.2. The summed E-state index contributed by atoms with van der Waals surface area (Å²) in [6.07, 6.45) is 6.35. The monoisotopic (exact) mass is 805 g/mol. The standard InChI is InChI=1S/C43H53F2N5O6S/c1-4-40(51)46-33-11-6-12-34(24-33)57(53,54)35-15-16-39(37(45)25-35)50-27-42(28-50,56-3)26-49-21-17-30(18-22-49)43(29-48-19-8-20-48,31-9-5-10-32(44)23-31)36-13-7-14-38(36)47-41(52)55-2/h4-6,9-12,15-16,23-25,30,36,38H,1,7-8,13-14,17-22,26-29H2,2-3H3,(H,46,51)(H,47,52)/t36-,38-,43-/m0/s1.